The molecule has 0 bridgehead atoms. The molecule has 7 nitrogen and oxygen atoms in total. The summed E-state index contributed by atoms with van der Waals surface area (Å²) in [5.41, 5.74) is 1.72. The van der Waals surface area contributed by atoms with E-state index in [1.54, 1.807) is 18.2 Å². The maximum Gasteiger partial charge on any atom is 0.264 e. The Hall–Kier alpha value is -3.37. The van der Waals surface area contributed by atoms with Gasteiger partial charge in [-0.3, -0.25) is 13.9 Å². The van der Waals surface area contributed by atoms with E-state index < -0.39 is 28.5 Å². The number of hydrogen-bond donors (Lipinski definition) is 1. The van der Waals surface area contributed by atoms with Crippen LogP contribution in [0.2, 0.25) is 10.0 Å². The van der Waals surface area contributed by atoms with Crippen LogP contribution in [0.4, 0.5) is 5.69 Å². The molecule has 236 valence electrons. The first-order chi connectivity index (χ1) is 21.6. The summed E-state index contributed by atoms with van der Waals surface area (Å²) in [6.07, 6.45) is 1.90. The molecule has 0 heterocycles. The molecule has 0 saturated heterocycles. The molecule has 0 aliphatic carbocycles. The van der Waals surface area contributed by atoms with Crippen molar-refractivity contribution in [3.05, 3.63) is 129 Å². The summed E-state index contributed by atoms with van der Waals surface area (Å²) >= 11 is 16.1. The summed E-state index contributed by atoms with van der Waals surface area (Å²) in [5, 5.41) is 3.36. The third-order valence-electron chi connectivity index (χ3n) is 7.16. The minimum atomic E-state index is -4.27. The topological polar surface area (TPSA) is 86.8 Å². The van der Waals surface area contributed by atoms with E-state index in [-0.39, 0.29) is 34.5 Å². The molecule has 0 fully saturated rings. The molecule has 0 unspecified atom stereocenters. The van der Waals surface area contributed by atoms with E-state index in [9.17, 15) is 18.0 Å². The summed E-state index contributed by atoms with van der Waals surface area (Å²) in [6.45, 7) is 1.94. The third-order valence-corrected chi connectivity index (χ3v) is 10.00. The van der Waals surface area contributed by atoms with Gasteiger partial charge in [0.25, 0.3) is 10.0 Å². The van der Waals surface area contributed by atoms with Crippen LogP contribution in [0.3, 0.4) is 0 Å². The Bertz CT molecular complexity index is 1690. The van der Waals surface area contributed by atoms with E-state index in [4.69, 9.17) is 23.2 Å². The summed E-state index contributed by atoms with van der Waals surface area (Å²) in [7, 11) is -4.27. The first-order valence-corrected chi connectivity index (χ1v) is 17.5. The van der Waals surface area contributed by atoms with Crippen LogP contribution in [0.1, 0.15) is 30.9 Å². The van der Waals surface area contributed by atoms with Crippen LogP contribution in [-0.4, -0.2) is 44.3 Å². The zero-order chi connectivity index (χ0) is 32.4. The molecule has 0 aliphatic heterocycles. The highest BCUT2D eigenvalue weighted by atomic mass is 79.9. The van der Waals surface area contributed by atoms with E-state index in [0.717, 1.165) is 32.7 Å². The Balaban J connectivity index is 1.80. The summed E-state index contributed by atoms with van der Waals surface area (Å²) in [6, 6.07) is 28.1. The van der Waals surface area contributed by atoms with Crippen LogP contribution in [0.15, 0.2) is 112 Å². The van der Waals surface area contributed by atoms with Gasteiger partial charge in [0.2, 0.25) is 11.8 Å². The van der Waals surface area contributed by atoms with Gasteiger partial charge in [0.05, 0.1) is 15.6 Å². The number of anilines is 1. The molecular formula is C34H34BrCl2N3O4S. The van der Waals surface area contributed by atoms with E-state index in [1.807, 2.05) is 61.5 Å². The van der Waals surface area contributed by atoms with Crippen molar-refractivity contribution in [2.24, 2.45) is 0 Å². The maximum absolute atomic E-state index is 14.5. The molecule has 1 atom stereocenters. The van der Waals surface area contributed by atoms with Gasteiger partial charge in [-0.1, -0.05) is 113 Å². The Morgan fingerprint density at radius 1 is 0.867 bits per heavy atom. The predicted octanol–water partition coefficient (Wildman–Crippen LogP) is 7.51. The van der Waals surface area contributed by atoms with Crippen LogP contribution >= 0.6 is 39.1 Å². The molecule has 0 radical (unpaired) electrons. The molecule has 45 heavy (non-hydrogen) atoms. The summed E-state index contributed by atoms with van der Waals surface area (Å²) in [5.74, 6) is -0.894. The van der Waals surface area contributed by atoms with Gasteiger partial charge in [-0.25, -0.2) is 8.42 Å². The quantitative estimate of drug-likeness (QED) is 0.136. The molecule has 2 amide bonds. The molecule has 0 aromatic heterocycles. The molecule has 1 N–H and O–H groups in total. The number of rotatable bonds is 14. The normalized spacial score (nSPS) is 11.9. The zero-order valence-corrected chi connectivity index (χ0v) is 28.6. The van der Waals surface area contributed by atoms with Gasteiger partial charge in [0.1, 0.15) is 12.6 Å². The van der Waals surface area contributed by atoms with Gasteiger partial charge < -0.3 is 10.2 Å². The highest BCUT2D eigenvalue weighted by molar-refractivity contribution is 9.10. The molecule has 11 heteroatoms. The van der Waals surface area contributed by atoms with Gasteiger partial charge in [-0.2, -0.15) is 0 Å². The van der Waals surface area contributed by atoms with E-state index in [0.29, 0.717) is 11.6 Å². The second kappa shape index (κ2) is 16.3. The second-order valence-corrected chi connectivity index (χ2v) is 14.0. The highest BCUT2D eigenvalue weighted by Gasteiger charge is 2.35. The van der Waals surface area contributed by atoms with Crippen molar-refractivity contribution < 1.29 is 18.0 Å². The van der Waals surface area contributed by atoms with Crippen molar-refractivity contribution in [1.82, 2.24) is 10.2 Å². The van der Waals surface area contributed by atoms with Gasteiger partial charge in [-0.05, 0) is 60.0 Å². The molecule has 0 aliphatic rings. The Kier molecular flexibility index (Phi) is 12.5. The molecule has 4 aromatic rings. The average Bonchev–Trinajstić information content (AvgIpc) is 3.03. The van der Waals surface area contributed by atoms with Crippen molar-refractivity contribution in [2.75, 3.05) is 17.4 Å². The fraction of sp³-hybridized carbons (Fsp3) is 0.235. The third kappa shape index (κ3) is 9.33. The number of sulfonamides is 1. The largest absolute Gasteiger partial charge is 0.354 e. The minimum absolute atomic E-state index is 0.0126. The standard InChI is InChI=1S/C34H34BrCl2N3O4S/c1-2-3-20-38-34(42)32(21-25-10-6-4-7-11-25)39(23-26-14-16-27(35)17-15-26)33(41)24-40(31-19-18-28(36)22-30(31)37)45(43,44)29-12-8-5-9-13-29/h4-19,22,32H,2-3,20-21,23-24H2,1H3,(H,38,42)/t32-/m1/s1. The average molecular weight is 732 g/mol. The molecule has 0 saturated carbocycles. The zero-order valence-electron chi connectivity index (χ0n) is 24.7. The summed E-state index contributed by atoms with van der Waals surface area (Å²) in [4.78, 5) is 29.7. The molecule has 4 rings (SSSR count). The Labute approximate surface area is 283 Å². The number of carbonyl (C=O) groups is 2. The van der Waals surface area contributed by atoms with Crippen molar-refractivity contribution in [3.8, 4) is 0 Å². The molecule has 4 aromatic carbocycles. The van der Waals surface area contributed by atoms with Crippen molar-refractivity contribution >= 4 is 66.7 Å². The molecule has 0 spiro atoms. The van der Waals surface area contributed by atoms with E-state index in [2.05, 4.69) is 21.2 Å². The lowest BCUT2D eigenvalue weighted by atomic mass is 10.0. The van der Waals surface area contributed by atoms with Crippen molar-refractivity contribution in [3.63, 3.8) is 0 Å². The van der Waals surface area contributed by atoms with Gasteiger partial charge in [0.15, 0.2) is 0 Å². The highest BCUT2D eigenvalue weighted by Crippen LogP contribution is 2.33. The van der Waals surface area contributed by atoms with Gasteiger partial charge in [0, 0.05) is 29.0 Å². The van der Waals surface area contributed by atoms with Crippen LogP contribution in [0, 0.1) is 0 Å². The monoisotopic (exact) mass is 729 g/mol. The lowest BCUT2D eigenvalue weighted by Gasteiger charge is -2.34. The lowest BCUT2D eigenvalue weighted by molar-refractivity contribution is -0.140. The van der Waals surface area contributed by atoms with Crippen molar-refractivity contribution in [1.29, 1.82) is 0 Å². The lowest BCUT2D eigenvalue weighted by Crippen LogP contribution is -2.53. The first-order valence-electron chi connectivity index (χ1n) is 14.5. The number of halogens is 3. The van der Waals surface area contributed by atoms with Crippen molar-refractivity contribution in [2.45, 2.75) is 43.7 Å². The van der Waals surface area contributed by atoms with Crippen LogP contribution < -0.4 is 9.62 Å². The number of nitrogens with zero attached hydrogens (tertiary/aromatic N) is 2. The minimum Gasteiger partial charge on any atom is -0.354 e. The van der Waals surface area contributed by atoms with Crippen LogP contribution in [0.25, 0.3) is 0 Å². The van der Waals surface area contributed by atoms with E-state index >= 15 is 0 Å². The van der Waals surface area contributed by atoms with Crippen LogP contribution in [0.5, 0.6) is 0 Å². The number of unbranched alkanes of at least 4 members (excludes halogenated alkanes) is 1. The SMILES string of the molecule is CCCCNC(=O)[C@@H](Cc1ccccc1)N(Cc1ccc(Br)cc1)C(=O)CN(c1ccc(Cl)cc1Cl)S(=O)(=O)c1ccccc1. The number of benzene rings is 4. The predicted molar refractivity (Wildman–Crippen MR) is 184 cm³/mol. The Morgan fingerprint density at radius 3 is 2.13 bits per heavy atom. The maximum atomic E-state index is 14.5. The van der Waals surface area contributed by atoms with Crippen LogP contribution in [-0.2, 0) is 32.6 Å². The Morgan fingerprint density at radius 2 is 1.51 bits per heavy atom. The molecular weight excluding hydrogens is 697 g/mol. The first kappa shape index (κ1) is 34.5. The smallest absolute Gasteiger partial charge is 0.264 e. The number of amides is 2. The fourth-order valence-corrected chi connectivity index (χ4v) is 7.04. The van der Waals surface area contributed by atoms with Gasteiger partial charge in [-0.15, -0.1) is 0 Å². The van der Waals surface area contributed by atoms with Gasteiger partial charge >= 0.3 is 0 Å². The fourth-order valence-electron chi connectivity index (χ4n) is 4.76. The van der Waals surface area contributed by atoms with E-state index in [1.165, 1.54) is 35.2 Å². The summed E-state index contributed by atoms with van der Waals surface area (Å²) < 4.78 is 30.0. The second-order valence-electron chi connectivity index (χ2n) is 10.4. The number of nitrogens with one attached hydrogen (secondary N) is 1. The number of carbonyl (C=O) groups excluding carboxylic acids is 2. The number of hydrogen-bond acceptors (Lipinski definition) is 4.